The maximum atomic E-state index is 14.0. The van der Waals surface area contributed by atoms with Gasteiger partial charge in [0.15, 0.2) is 0 Å². The minimum atomic E-state index is -1.17. The Morgan fingerprint density at radius 2 is 1.84 bits per heavy atom. The number of hydrogen-bond donors (Lipinski definition) is 3. The molecule has 2 aromatic carbocycles. The number of piperidine rings is 1. The van der Waals surface area contributed by atoms with Crippen molar-refractivity contribution in [2.45, 2.75) is 63.6 Å². The average Bonchev–Trinajstić information content (AvgIpc) is 3.30. The van der Waals surface area contributed by atoms with Crippen LogP contribution in [0.15, 0.2) is 60.8 Å². The van der Waals surface area contributed by atoms with E-state index in [1.165, 1.54) is 0 Å². The highest BCUT2D eigenvalue weighted by Crippen LogP contribution is 2.33. The molecule has 2 amide bonds. The molecule has 0 bridgehead atoms. The third-order valence-corrected chi connectivity index (χ3v) is 7.00. The Bertz CT molecular complexity index is 1250. The number of benzene rings is 2. The van der Waals surface area contributed by atoms with Crippen molar-refractivity contribution in [2.24, 2.45) is 5.73 Å². The van der Waals surface area contributed by atoms with E-state index < -0.39 is 29.5 Å². The van der Waals surface area contributed by atoms with Gasteiger partial charge in [0, 0.05) is 30.1 Å². The van der Waals surface area contributed by atoms with Gasteiger partial charge in [-0.05, 0) is 56.7 Å². The van der Waals surface area contributed by atoms with E-state index in [0.29, 0.717) is 19.4 Å². The van der Waals surface area contributed by atoms with E-state index in [1.54, 1.807) is 25.7 Å². The third kappa shape index (κ3) is 6.02. The number of H-pyrrole nitrogens is 1. The largest absolute Gasteiger partial charge is 0.464 e. The zero-order valence-electron chi connectivity index (χ0n) is 21.7. The third-order valence-electron chi connectivity index (χ3n) is 7.00. The van der Waals surface area contributed by atoms with Crippen LogP contribution in [-0.2, 0) is 25.5 Å². The summed E-state index contributed by atoms with van der Waals surface area (Å²) in [5, 5.41) is 3.85. The summed E-state index contributed by atoms with van der Waals surface area (Å²) in [7, 11) is 0. The number of carbonyl (C=O) groups excluding carboxylic acids is 3. The Morgan fingerprint density at radius 3 is 2.54 bits per heavy atom. The average molecular weight is 505 g/mol. The first kappa shape index (κ1) is 26.4. The molecule has 3 unspecified atom stereocenters. The Kier molecular flexibility index (Phi) is 7.97. The fourth-order valence-electron chi connectivity index (χ4n) is 4.98. The first-order valence-corrected chi connectivity index (χ1v) is 12.9. The van der Waals surface area contributed by atoms with Crippen LogP contribution in [0.5, 0.6) is 0 Å². The van der Waals surface area contributed by atoms with Gasteiger partial charge < -0.3 is 25.7 Å². The van der Waals surface area contributed by atoms with Crippen LogP contribution in [0.4, 0.5) is 0 Å². The lowest BCUT2D eigenvalue weighted by atomic mass is 9.84. The molecule has 0 saturated carbocycles. The minimum absolute atomic E-state index is 0.129. The number of rotatable bonds is 8. The molecule has 1 aliphatic heterocycles. The predicted octanol–water partition coefficient (Wildman–Crippen LogP) is 3.27. The molecular formula is C29H36N4O4. The fourth-order valence-corrected chi connectivity index (χ4v) is 4.98. The summed E-state index contributed by atoms with van der Waals surface area (Å²) in [6, 6.07) is 16.2. The molecule has 8 heteroatoms. The lowest BCUT2D eigenvalue weighted by Crippen LogP contribution is -2.60. The van der Waals surface area contributed by atoms with E-state index in [0.717, 1.165) is 22.0 Å². The van der Waals surface area contributed by atoms with Crippen LogP contribution in [-0.4, -0.2) is 58.4 Å². The van der Waals surface area contributed by atoms with E-state index in [4.69, 9.17) is 10.5 Å². The van der Waals surface area contributed by atoms with Crippen LogP contribution in [0.2, 0.25) is 0 Å². The lowest BCUT2D eigenvalue weighted by molar-refractivity contribution is -0.158. The van der Waals surface area contributed by atoms with Gasteiger partial charge >= 0.3 is 5.97 Å². The topological polar surface area (TPSA) is 118 Å². The summed E-state index contributed by atoms with van der Waals surface area (Å²) in [4.78, 5) is 44.8. The van der Waals surface area contributed by atoms with Gasteiger partial charge in [0.1, 0.15) is 12.1 Å². The van der Waals surface area contributed by atoms with Crippen molar-refractivity contribution in [3.05, 3.63) is 71.9 Å². The van der Waals surface area contributed by atoms with Gasteiger partial charge in [-0.15, -0.1) is 0 Å². The number of carbonyl (C=O) groups is 3. The number of hydrogen-bond acceptors (Lipinski definition) is 5. The number of nitrogens with one attached hydrogen (secondary N) is 2. The Morgan fingerprint density at radius 1 is 1.14 bits per heavy atom. The molecule has 2 heterocycles. The van der Waals surface area contributed by atoms with E-state index >= 15 is 0 Å². The van der Waals surface area contributed by atoms with Crippen molar-refractivity contribution in [3.8, 4) is 0 Å². The van der Waals surface area contributed by atoms with Gasteiger partial charge in [-0.2, -0.15) is 0 Å². The van der Waals surface area contributed by atoms with Crippen molar-refractivity contribution in [2.75, 3.05) is 13.2 Å². The number of fused-ring (bicyclic) bond motifs is 1. The molecular weight excluding hydrogens is 468 g/mol. The molecule has 37 heavy (non-hydrogen) atoms. The fraction of sp³-hybridized carbons (Fsp3) is 0.414. The van der Waals surface area contributed by atoms with Crippen molar-refractivity contribution < 1.29 is 19.1 Å². The van der Waals surface area contributed by atoms with Crippen LogP contribution in [0, 0.1) is 0 Å². The molecule has 3 atom stereocenters. The van der Waals surface area contributed by atoms with Crippen molar-refractivity contribution in [1.29, 1.82) is 0 Å². The van der Waals surface area contributed by atoms with Crippen LogP contribution in [0.3, 0.4) is 0 Å². The summed E-state index contributed by atoms with van der Waals surface area (Å²) in [6.07, 6.45) is 3.29. The van der Waals surface area contributed by atoms with Crippen LogP contribution >= 0.6 is 0 Å². The smallest absolute Gasteiger partial charge is 0.328 e. The van der Waals surface area contributed by atoms with Crippen LogP contribution < -0.4 is 11.1 Å². The number of aromatic amines is 1. The number of amides is 2. The molecule has 0 spiro atoms. The zero-order chi connectivity index (χ0) is 26.6. The summed E-state index contributed by atoms with van der Waals surface area (Å²) in [5.74, 6) is -1.04. The molecule has 0 radical (unpaired) electrons. The number of para-hydroxylation sites is 1. The highest BCUT2D eigenvalue weighted by atomic mass is 16.5. The molecule has 1 saturated heterocycles. The Hall–Kier alpha value is -3.65. The monoisotopic (exact) mass is 504 g/mol. The van der Waals surface area contributed by atoms with E-state index in [-0.39, 0.29) is 24.9 Å². The van der Waals surface area contributed by atoms with Gasteiger partial charge in [-0.3, -0.25) is 9.59 Å². The van der Waals surface area contributed by atoms with Gasteiger partial charge in [0.25, 0.3) is 0 Å². The summed E-state index contributed by atoms with van der Waals surface area (Å²) < 4.78 is 5.38. The lowest BCUT2D eigenvalue weighted by Gasteiger charge is -2.40. The highest BCUT2D eigenvalue weighted by molar-refractivity contribution is 5.94. The molecule has 1 aromatic heterocycles. The molecule has 3 aromatic rings. The predicted molar refractivity (Wildman–Crippen MR) is 143 cm³/mol. The molecule has 1 fully saturated rings. The second-order valence-corrected chi connectivity index (χ2v) is 10.2. The number of aromatic nitrogens is 1. The molecule has 4 rings (SSSR count). The van der Waals surface area contributed by atoms with Crippen molar-refractivity contribution in [1.82, 2.24) is 15.2 Å². The van der Waals surface area contributed by atoms with Gasteiger partial charge in [-0.1, -0.05) is 48.5 Å². The highest BCUT2D eigenvalue weighted by Gasteiger charge is 2.41. The second kappa shape index (κ2) is 11.2. The van der Waals surface area contributed by atoms with Gasteiger partial charge in [-0.25, -0.2) is 4.79 Å². The SMILES string of the molecule is CCOC(=O)C1CC(c2ccccc2)CCN1C(=O)C(Cc1c[nH]c2ccccc12)NC(=O)C(C)(C)N. The Labute approximate surface area is 217 Å². The first-order chi connectivity index (χ1) is 17.7. The van der Waals surface area contributed by atoms with E-state index in [2.05, 4.69) is 10.3 Å². The molecule has 1 aliphatic rings. The summed E-state index contributed by atoms with van der Waals surface area (Å²) >= 11 is 0. The van der Waals surface area contributed by atoms with Crippen molar-refractivity contribution >= 4 is 28.7 Å². The molecule has 196 valence electrons. The Balaban J connectivity index is 1.63. The number of esters is 1. The van der Waals surface area contributed by atoms with Crippen LogP contribution in [0.25, 0.3) is 10.9 Å². The summed E-state index contributed by atoms with van der Waals surface area (Å²) in [6.45, 7) is 5.56. The van der Waals surface area contributed by atoms with Gasteiger partial charge in [0.2, 0.25) is 11.8 Å². The summed E-state index contributed by atoms with van der Waals surface area (Å²) in [5.41, 5.74) is 7.87. The van der Waals surface area contributed by atoms with Gasteiger partial charge in [0.05, 0.1) is 12.1 Å². The first-order valence-electron chi connectivity index (χ1n) is 12.9. The maximum absolute atomic E-state index is 14.0. The van der Waals surface area contributed by atoms with E-state index in [1.807, 2.05) is 60.8 Å². The molecule has 8 nitrogen and oxygen atoms in total. The number of ether oxygens (including phenoxy) is 1. The number of nitrogens with zero attached hydrogens (tertiary/aromatic N) is 1. The minimum Gasteiger partial charge on any atom is -0.464 e. The molecule has 0 aliphatic carbocycles. The maximum Gasteiger partial charge on any atom is 0.328 e. The van der Waals surface area contributed by atoms with Crippen LogP contribution in [0.1, 0.15) is 50.7 Å². The normalized spacial score (nSPS) is 18.9. The zero-order valence-corrected chi connectivity index (χ0v) is 21.7. The second-order valence-electron chi connectivity index (χ2n) is 10.2. The number of likely N-dealkylation sites (tertiary alicyclic amines) is 1. The standard InChI is InChI=1S/C29H36N4O4/c1-4-37-27(35)25-17-20(19-10-6-5-7-11-19)14-15-33(25)26(34)24(32-28(36)29(2,3)30)16-21-18-31-23-13-9-8-12-22(21)23/h5-13,18,20,24-25,31H,4,14-17,30H2,1-3H3,(H,32,36). The van der Waals surface area contributed by atoms with E-state index in [9.17, 15) is 14.4 Å². The quantitative estimate of drug-likeness (QED) is 0.407. The molecule has 4 N–H and O–H groups in total. The van der Waals surface area contributed by atoms with Crippen molar-refractivity contribution in [3.63, 3.8) is 0 Å². The number of nitrogens with two attached hydrogens (primary N) is 1.